The van der Waals surface area contributed by atoms with Gasteiger partial charge in [0.15, 0.2) is 5.79 Å². The Morgan fingerprint density at radius 2 is 1.79 bits per heavy atom. The minimum absolute atomic E-state index is 0.277. The van der Waals surface area contributed by atoms with E-state index in [1.807, 2.05) is 6.92 Å². The Morgan fingerprint density at radius 1 is 1.29 bits per heavy atom. The van der Waals surface area contributed by atoms with Crippen molar-refractivity contribution in [3.63, 3.8) is 0 Å². The first-order valence-electron chi connectivity index (χ1n) is 4.82. The second-order valence-electron chi connectivity index (χ2n) is 3.14. The molecule has 0 aliphatic carbocycles. The Bertz CT molecular complexity index is 175. The van der Waals surface area contributed by atoms with Gasteiger partial charge in [0.25, 0.3) is 0 Å². The van der Waals surface area contributed by atoms with Crippen molar-refractivity contribution in [3.8, 4) is 0 Å². The van der Waals surface area contributed by atoms with E-state index in [9.17, 15) is 4.79 Å². The van der Waals surface area contributed by atoms with Crippen LogP contribution in [-0.2, 0) is 19.0 Å². The van der Waals surface area contributed by atoms with Crippen LogP contribution in [0, 0.1) is 5.92 Å². The fourth-order valence-electron chi connectivity index (χ4n) is 1.36. The van der Waals surface area contributed by atoms with E-state index in [1.54, 1.807) is 13.8 Å². The second-order valence-corrected chi connectivity index (χ2v) is 3.14. The summed E-state index contributed by atoms with van der Waals surface area (Å²) in [4.78, 5) is 11.6. The maximum atomic E-state index is 11.6. The van der Waals surface area contributed by atoms with Gasteiger partial charge in [-0.3, -0.25) is 4.79 Å². The molecule has 0 saturated heterocycles. The second kappa shape index (κ2) is 5.98. The zero-order valence-electron chi connectivity index (χ0n) is 9.62. The maximum absolute atomic E-state index is 11.6. The quantitative estimate of drug-likeness (QED) is 0.487. The summed E-state index contributed by atoms with van der Waals surface area (Å²) in [6.07, 6.45) is 0.622. The third-order valence-electron chi connectivity index (χ3n) is 2.42. The molecule has 84 valence electrons. The lowest BCUT2D eigenvalue weighted by molar-refractivity contribution is -0.233. The molecule has 1 unspecified atom stereocenters. The van der Waals surface area contributed by atoms with Gasteiger partial charge in [-0.15, -0.1) is 0 Å². The van der Waals surface area contributed by atoms with Crippen LogP contribution in [0.4, 0.5) is 0 Å². The van der Waals surface area contributed by atoms with Crippen molar-refractivity contribution in [2.45, 2.75) is 33.0 Å². The van der Waals surface area contributed by atoms with Crippen LogP contribution in [-0.4, -0.2) is 32.6 Å². The highest BCUT2D eigenvalue weighted by atomic mass is 16.7. The molecule has 4 heteroatoms. The molecule has 0 bridgehead atoms. The van der Waals surface area contributed by atoms with E-state index in [4.69, 9.17) is 14.2 Å². The molecule has 0 aromatic rings. The molecule has 0 heterocycles. The molecule has 0 saturated carbocycles. The number of esters is 1. The van der Waals surface area contributed by atoms with Gasteiger partial charge in [-0.25, -0.2) is 0 Å². The van der Waals surface area contributed by atoms with Crippen molar-refractivity contribution in [1.82, 2.24) is 0 Å². The molecule has 1 atom stereocenters. The molecule has 0 amide bonds. The molecule has 0 N–H and O–H groups in total. The van der Waals surface area contributed by atoms with Gasteiger partial charge in [0.05, 0.1) is 6.61 Å². The van der Waals surface area contributed by atoms with Crippen LogP contribution in [0.2, 0.25) is 0 Å². The number of rotatable bonds is 6. The molecule has 14 heavy (non-hydrogen) atoms. The van der Waals surface area contributed by atoms with E-state index in [2.05, 4.69) is 0 Å². The minimum Gasteiger partial charge on any atom is -0.466 e. The monoisotopic (exact) mass is 204 g/mol. The Labute approximate surface area is 85.5 Å². The lowest BCUT2D eigenvalue weighted by Crippen LogP contribution is -2.43. The lowest BCUT2D eigenvalue weighted by Gasteiger charge is -2.32. The average molecular weight is 204 g/mol. The van der Waals surface area contributed by atoms with Crippen molar-refractivity contribution in [3.05, 3.63) is 0 Å². The molecule has 0 radical (unpaired) electrons. The van der Waals surface area contributed by atoms with Gasteiger partial charge in [-0.05, 0) is 20.3 Å². The first-order chi connectivity index (χ1) is 6.55. The van der Waals surface area contributed by atoms with Gasteiger partial charge < -0.3 is 14.2 Å². The molecule has 0 aromatic carbocycles. The third-order valence-corrected chi connectivity index (χ3v) is 2.42. The summed E-state index contributed by atoms with van der Waals surface area (Å²) in [5.74, 6) is -1.57. The average Bonchev–Trinajstić information content (AvgIpc) is 2.19. The highest BCUT2D eigenvalue weighted by Crippen LogP contribution is 2.26. The van der Waals surface area contributed by atoms with E-state index in [0.29, 0.717) is 13.0 Å². The number of hydrogen-bond acceptors (Lipinski definition) is 4. The highest BCUT2D eigenvalue weighted by Gasteiger charge is 2.39. The molecule has 0 aromatic heterocycles. The lowest BCUT2D eigenvalue weighted by atomic mass is 9.97. The molecule has 0 fully saturated rings. The predicted molar refractivity (Wildman–Crippen MR) is 52.8 cm³/mol. The predicted octanol–water partition coefficient (Wildman–Crippen LogP) is 1.58. The molecule has 4 nitrogen and oxygen atoms in total. The summed E-state index contributed by atoms with van der Waals surface area (Å²) in [5, 5.41) is 0. The fourth-order valence-corrected chi connectivity index (χ4v) is 1.36. The van der Waals surface area contributed by atoms with Crippen LogP contribution in [0.3, 0.4) is 0 Å². The third kappa shape index (κ3) is 2.96. The smallest absolute Gasteiger partial charge is 0.314 e. The number of methoxy groups -OCH3 is 2. The Hall–Kier alpha value is -0.610. The van der Waals surface area contributed by atoms with Gasteiger partial charge in [0, 0.05) is 14.2 Å². The molecule has 0 aliphatic rings. The van der Waals surface area contributed by atoms with Crippen LogP contribution in [0.15, 0.2) is 0 Å². The SMILES string of the molecule is CCOC(=O)C(CC)C(C)(OC)OC. The summed E-state index contributed by atoms with van der Waals surface area (Å²) in [5.41, 5.74) is 0. The van der Waals surface area contributed by atoms with Gasteiger partial charge in [-0.2, -0.15) is 0 Å². The van der Waals surface area contributed by atoms with Crippen molar-refractivity contribution in [2.75, 3.05) is 20.8 Å². The zero-order valence-corrected chi connectivity index (χ0v) is 9.62. The van der Waals surface area contributed by atoms with E-state index < -0.39 is 11.7 Å². The summed E-state index contributed by atoms with van der Waals surface area (Å²) in [7, 11) is 3.04. The summed E-state index contributed by atoms with van der Waals surface area (Å²) < 4.78 is 15.3. The molecule has 0 spiro atoms. The Balaban J connectivity index is 4.59. The van der Waals surface area contributed by atoms with Crippen LogP contribution < -0.4 is 0 Å². The first kappa shape index (κ1) is 13.4. The minimum atomic E-state index is -0.902. The molecular weight excluding hydrogens is 184 g/mol. The Kier molecular flexibility index (Phi) is 5.72. The molecular formula is C10H20O4. The van der Waals surface area contributed by atoms with Gasteiger partial charge >= 0.3 is 5.97 Å². The fraction of sp³-hybridized carbons (Fsp3) is 0.900. The van der Waals surface area contributed by atoms with Crippen molar-refractivity contribution in [1.29, 1.82) is 0 Å². The standard InChI is InChI=1S/C10H20O4/c1-6-8(9(11)14-7-2)10(3,12-4)13-5/h8H,6-7H2,1-5H3. The largest absolute Gasteiger partial charge is 0.466 e. The van der Waals surface area contributed by atoms with Crippen LogP contribution in [0.5, 0.6) is 0 Å². The van der Waals surface area contributed by atoms with Gasteiger partial charge in [0.1, 0.15) is 5.92 Å². The van der Waals surface area contributed by atoms with Gasteiger partial charge in [0.2, 0.25) is 0 Å². The van der Waals surface area contributed by atoms with Crippen LogP contribution in [0.25, 0.3) is 0 Å². The summed E-state index contributed by atoms with van der Waals surface area (Å²) in [6.45, 7) is 5.79. The molecule has 0 rings (SSSR count). The van der Waals surface area contributed by atoms with E-state index in [1.165, 1.54) is 14.2 Å². The van der Waals surface area contributed by atoms with Crippen molar-refractivity contribution in [2.24, 2.45) is 5.92 Å². The van der Waals surface area contributed by atoms with Crippen LogP contribution >= 0.6 is 0 Å². The number of hydrogen-bond donors (Lipinski definition) is 0. The first-order valence-corrected chi connectivity index (χ1v) is 4.82. The van der Waals surface area contributed by atoms with Crippen molar-refractivity contribution < 1.29 is 19.0 Å². The number of carbonyl (C=O) groups is 1. The normalized spacial score (nSPS) is 13.8. The Morgan fingerprint density at radius 3 is 2.07 bits per heavy atom. The summed E-state index contributed by atoms with van der Waals surface area (Å²) in [6, 6.07) is 0. The van der Waals surface area contributed by atoms with Crippen LogP contribution in [0.1, 0.15) is 27.2 Å². The van der Waals surface area contributed by atoms with E-state index >= 15 is 0 Å². The van der Waals surface area contributed by atoms with E-state index in [-0.39, 0.29) is 5.97 Å². The highest BCUT2D eigenvalue weighted by molar-refractivity contribution is 5.73. The van der Waals surface area contributed by atoms with Gasteiger partial charge in [-0.1, -0.05) is 6.92 Å². The number of ether oxygens (including phenoxy) is 3. The maximum Gasteiger partial charge on any atom is 0.314 e. The number of carbonyl (C=O) groups excluding carboxylic acids is 1. The zero-order chi connectivity index (χ0) is 11.2. The topological polar surface area (TPSA) is 44.8 Å². The summed E-state index contributed by atoms with van der Waals surface area (Å²) >= 11 is 0. The van der Waals surface area contributed by atoms with E-state index in [0.717, 1.165) is 0 Å². The van der Waals surface area contributed by atoms with Crippen molar-refractivity contribution >= 4 is 5.97 Å². The molecule has 0 aliphatic heterocycles.